The second kappa shape index (κ2) is 16.0. The SMILES string of the molecule is C=C(/C=C\C=C/C)c1nc(-c2ccccc2)nc(-c2cc3c(c4c2c2ccccc2n4-c2ccc(-c4cc(-c5ccccc5)nc(-c5ccccc5)n4)cc2)OC2C=CC=CC32)n1. The maximum Gasteiger partial charge on any atom is 0.164 e. The normalized spacial score (nSPS) is 15.3. The molecule has 2 unspecified atom stereocenters. The van der Waals surface area contributed by atoms with Crippen LogP contribution in [0.25, 0.3) is 89.7 Å². The molecule has 0 saturated heterocycles. The Balaban J connectivity index is 1.13. The highest BCUT2D eigenvalue weighted by atomic mass is 16.5. The number of nitrogens with zero attached hydrogens (tertiary/aromatic N) is 6. The zero-order chi connectivity index (χ0) is 42.3. The number of fused-ring (bicyclic) bond motifs is 7. The number of aromatic nitrogens is 6. The lowest BCUT2D eigenvalue weighted by atomic mass is 9.89. The lowest BCUT2D eigenvalue weighted by Gasteiger charge is -2.14. The van der Waals surface area contributed by atoms with Crippen LogP contribution in [0.2, 0.25) is 0 Å². The molecule has 300 valence electrons. The average Bonchev–Trinajstić information content (AvgIpc) is 3.91. The summed E-state index contributed by atoms with van der Waals surface area (Å²) in [5, 5.41) is 2.06. The highest BCUT2D eigenvalue weighted by Crippen LogP contribution is 2.51. The molecule has 2 aliphatic rings. The molecule has 11 rings (SSSR count). The summed E-state index contributed by atoms with van der Waals surface area (Å²) in [6, 6.07) is 51.9. The van der Waals surface area contributed by atoms with Crippen LogP contribution in [0.15, 0.2) is 207 Å². The topological polar surface area (TPSA) is 78.6 Å². The lowest BCUT2D eigenvalue weighted by Crippen LogP contribution is -2.15. The van der Waals surface area contributed by atoms with Crippen molar-refractivity contribution in [2.45, 2.75) is 18.9 Å². The molecule has 1 aliphatic heterocycles. The predicted molar refractivity (Wildman–Crippen MR) is 255 cm³/mol. The maximum atomic E-state index is 6.96. The highest BCUT2D eigenvalue weighted by Gasteiger charge is 2.37. The summed E-state index contributed by atoms with van der Waals surface area (Å²) in [5.41, 5.74) is 11.2. The number of ether oxygens (including phenoxy) is 1. The Labute approximate surface area is 365 Å². The second-order valence-electron chi connectivity index (χ2n) is 15.6. The number of hydrogen-bond acceptors (Lipinski definition) is 6. The van der Waals surface area contributed by atoms with Gasteiger partial charge in [-0.1, -0.05) is 170 Å². The van der Waals surface area contributed by atoms with Crippen LogP contribution in [0.5, 0.6) is 5.75 Å². The van der Waals surface area contributed by atoms with Crippen molar-refractivity contribution in [3.05, 3.63) is 218 Å². The maximum absolute atomic E-state index is 6.96. The van der Waals surface area contributed by atoms with Crippen LogP contribution in [0.4, 0.5) is 0 Å². The van der Waals surface area contributed by atoms with E-state index in [0.717, 1.165) is 78.0 Å². The van der Waals surface area contributed by atoms with Gasteiger partial charge in [-0.05, 0) is 43.3 Å². The molecule has 63 heavy (non-hydrogen) atoms. The fraction of sp³-hybridized carbons (Fsp3) is 0.0536. The third kappa shape index (κ3) is 6.86. The standard InChI is InChI=1S/C56H40N6O/c1-3-4-8-19-36(2)53-59-55(40-24-13-7-14-25-40)61-56(60-53)45-34-44-42-26-16-18-29-49(42)63-52(44)51-50(45)43-27-15-17-28-48(43)62(51)41-32-30-38(31-33-41)47-35-46(37-20-9-5-10-21-37)57-54(58-47)39-22-11-6-12-23-39/h3-35,42,49H,2H2,1H3/b4-3-,19-8-. The number of para-hydroxylation sites is 1. The molecule has 1 aliphatic carbocycles. The van der Waals surface area contributed by atoms with Gasteiger partial charge >= 0.3 is 0 Å². The Morgan fingerprint density at radius 3 is 1.90 bits per heavy atom. The van der Waals surface area contributed by atoms with Crippen LogP contribution >= 0.6 is 0 Å². The molecule has 7 nitrogen and oxygen atoms in total. The van der Waals surface area contributed by atoms with Gasteiger partial charge in [0.1, 0.15) is 11.9 Å². The summed E-state index contributed by atoms with van der Waals surface area (Å²) in [6.07, 6.45) is 16.2. The van der Waals surface area contributed by atoms with Crippen molar-refractivity contribution in [3.63, 3.8) is 0 Å². The average molecular weight is 813 g/mol. The number of hydrogen-bond donors (Lipinski definition) is 0. The first-order valence-corrected chi connectivity index (χ1v) is 21.1. The van der Waals surface area contributed by atoms with Crippen molar-refractivity contribution in [1.29, 1.82) is 0 Å². The van der Waals surface area contributed by atoms with E-state index in [4.69, 9.17) is 29.7 Å². The Bertz CT molecular complexity index is 3270. The van der Waals surface area contributed by atoms with Crippen LogP contribution in [-0.4, -0.2) is 35.6 Å². The minimum Gasteiger partial charge on any atom is -0.483 e. The summed E-state index contributed by atoms with van der Waals surface area (Å²) in [4.78, 5) is 25.5. The van der Waals surface area contributed by atoms with E-state index in [-0.39, 0.29) is 12.0 Å². The summed E-state index contributed by atoms with van der Waals surface area (Å²) >= 11 is 0. The van der Waals surface area contributed by atoms with Crippen molar-refractivity contribution >= 4 is 27.4 Å². The fourth-order valence-electron chi connectivity index (χ4n) is 8.65. The zero-order valence-electron chi connectivity index (χ0n) is 34.5. The minimum atomic E-state index is -0.141. The molecule has 0 bridgehead atoms. The van der Waals surface area contributed by atoms with Crippen LogP contribution in [0, 0.1) is 0 Å². The van der Waals surface area contributed by atoms with Crippen molar-refractivity contribution < 1.29 is 4.74 Å². The summed E-state index contributed by atoms with van der Waals surface area (Å²) < 4.78 is 9.29. The third-order valence-corrected chi connectivity index (χ3v) is 11.7. The van der Waals surface area contributed by atoms with E-state index in [1.807, 2.05) is 98.0 Å². The second-order valence-corrected chi connectivity index (χ2v) is 15.6. The molecule has 4 heterocycles. The summed E-state index contributed by atoms with van der Waals surface area (Å²) in [6.45, 7) is 6.37. The quantitative estimate of drug-likeness (QED) is 0.135. The van der Waals surface area contributed by atoms with Crippen molar-refractivity contribution in [2.24, 2.45) is 0 Å². The van der Waals surface area contributed by atoms with Gasteiger partial charge in [-0.25, -0.2) is 24.9 Å². The fourth-order valence-corrected chi connectivity index (χ4v) is 8.65. The first-order chi connectivity index (χ1) is 31.1. The van der Waals surface area contributed by atoms with Gasteiger partial charge in [0.05, 0.1) is 22.4 Å². The van der Waals surface area contributed by atoms with Crippen LogP contribution in [0.1, 0.15) is 24.2 Å². The van der Waals surface area contributed by atoms with Gasteiger partial charge < -0.3 is 9.30 Å². The van der Waals surface area contributed by atoms with Crippen LogP contribution in [0.3, 0.4) is 0 Å². The van der Waals surface area contributed by atoms with Gasteiger partial charge in [0, 0.05) is 61.3 Å². The monoisotopic (exact) mass is 812 g/mol. The predicted octanol–water partition coefficient (Wildman–Crippen LogP) is 13.2. The first-order valence-electron chi connectivity index (χ1n) is 21.1. The van der Waals surface area contributed by atoms with E-state index in [1.54, 1.807) is 0 Å². The Kier molecular flexibility index (Phi) is 9.55. The molecule has 0 fully saturated rings. The molecule has 0 radical (unpaired) electrons. The molecule has 0 saturated carbocycles. The van der Waals surface area contributed by atoms with Crippen LogP contribution < -0.4 is 4.74 Å². The van der Waals surface area contributed by atoms with E-state index >= 15 is 0 Å². The summed E-state index contributed by atoms with van der Waals surface area (Å²) in [5.74, 6) is 3.21. The van der Waals surface area contributed by atoms with Gasteiger partial charge in [-0.2, -0.15) is 0 Å². The molecule has 3 aromatic heterocycles. The molecule has 0 amide bonds. The van der Waals surface area contributed by atoms with Gasteiger partial charge in [0.15, 0.2) is 23.3 Å². The lowest BCUT2D eigenvalue weighted by molar-refractivity contribution is 0.271. The molecular weight excluding hydrogens is 773 g/mol. The molecule has 9 aromatic rings. The van der Waals surface area contributed by atoms with Gasteiger partial charge in [0.25, 0.3) is 0 Å². The Morgan fingerprint density at radius 1 is 0.603 bits per heavy atom. The third-order valence-electron chi connectivity index (χ3n) is 11.7. The number of allylic oxidation sites excluding steroid dienone is 7. The zero-order valence-corrected chi connectivity index (χ0v) is 34.5. The van der Waals surface area contributed by atoms with Gasteiger partial charge in [-0.3, -0.25) is 0 Å². The van der Waals surface area contributed by atoms with Crippen molar-refractivity contribution in [1.82, 2.24) is 29.5 Å². The Morgan fingerprint density at radius 2 is 1.21 bits per heavy atom. The smallest absolute Gasteiger partial charge is 0.164 e. The van der Waals surface area contributed by atoms with E-state index in [0.29, 0.717) is 28.9 Å². The van der Waals surface area contributed by atoms with Crippen molar-refractivity contribution in [2.75, 3.05) is 0 Å². The molecular formula is C56H40N6O. The number of rotatable bonds is 9. The van der Waals surface area contributed by atoms with E-state index < -0.39 is 0 Å². The summed E-state index contributed by atoms with van der Waals surface area (Å²) in [7, 11) is 0. The van der Waals surface area contributed by atoms with E-state index in [1.165, 1.54) is 0 Å². The highest BCUT2D eigenvalue weighted by molar-refractivity contribution is 6.17. The minimum absolute atomic E-state index is 0.0194. The first kappa shape index (κ1) is 37.7. The number of benzene rings is 6. The van der Waals surface area contributed by atoms with Gasteiger partial charge in [0.2, 0.25) is 0 Å². The molecule has 0 spiro atoms. The van der Waals surface area contributed by atoms with E-state index in [9.17, 15) is 0 Å². The molecule has 6 aromatic carbocycles. The molecule has 2 atom stereocenters. The van der Waals surface area contributed by atoms with Crippen molar-refractivity contribution in [3.8, 4) is 68.1 Å². The largest absolute Gasteiger partial charge is 0.483 e. The van der Waals surface area contributed by atoms with Gasteiger partial charge in [-0.15, -0.1) is 0 Å². The Hall–Kier alpha value is -8.29. The molecule has 0 N–H and O–H groups in total. The molecule has 7 heteroatoms. The van der Waals surface area contributed by atoms with E-state index in [2.05, 4.69) is 120 Å². The van der Waals surface area contributed by atoms with Crippen LogP contribution in [-0.2, 0) is 0 Å².